The van der Waals surface area contributed by atoms with E-state index >= 15 is 0 Å². The van der Waals surface area contributed by atoms with E-state index in [2.05, 4.69) is 0 Å². The van der Waals surface area contributed by atoms with Crippen molar-refractivity contribution in [3.05, 3.63) is 115 Å². The van der Waals surface area contributed by atoms with Crippen molar-refractivity contribution in [1.82, 2.24) is 0 Å². The number of hydrogen-bond acceptors (Lipinski definition) is 10. The summed E-state index contributed by atoms with van der Waals surface area (Å²) in [5, 5.41) is 22.3. The first-order valence-corrected chi connectivity index (χ1v) is 10.1. The van der Waals surface area contributed by atoms with Crippen LogP contribution >= 0.6 is 0 Å². The summed E-state index contributed by atoms with van der Waals surface area (Å²) in [6.45, 7) is -0.884. The maximum Gasteiger partial charge on any atom is 0.346 e. The summed E-state index contributed by atoms with van der Waals surface area (Å²) in [7, 11) is 0. The van der Waals surface area contributed by atoms with Crippen LogP contribution in [0.5, 0.6) is 0 Å². The number of benzene rings is 3. The second kappa shape index (κ2) is 10.5. The van der Waals surface area contributed by atoms with Crippen molar-refractivity contribution in [2.45, 2.75) is 18.9 Å². The molecule has 0 unspecified atom stereocenters. The SMILES string of the molecule is NC(N)(C(=O)OCc1ccccc1[N+](=O)[O-])c1ccccc1C(=O)OCc1ccccc1[N+](=O)[O-]. The van der Waals surface area contributed by atoms with Gasteiger partial charge in [0.2, 0.25) is 0 Å². The third-order valence-electron chi connectivity index (χ3n) is 5.02. The summed E-state index contributed by atoms with van der Waals surface area (Å²) < 4.78 is 10.3. The van der Waals surface area contributed by atoms with Crippen LogP contribution in [0.4, 0.5) is 11.4 Å². The van der Waals surface area contributed by atoms with Crippen molar-refractivity contribution in [3.63, 3.8) is 0 Å². The van der Waals surface area contributed by atoms with E-state index in [1.165, 1.54) is 66.7 Å². The summed E-state index contributed by atoms with van der Waals surface area (Å²) in [6.07, 6.45) is 0. The minimum absolute atomic E-state index is 0.124. The average Bonchev–Trinajstić information content (AvgIpc) is 2.85. The zero-order valence-corrected chi connectivity index (χ0v) is 18.2. The Hall–Kier alpha value is -4.68. The smallest absolute Gasteiger partial charge is 0.346 e. The van der Waals surface area contributed by atoms with Gasteiger partial charge in [-0.1, -0.05) is 42.5 Å². The highest BCUT2D eigenvalue weighted by molar-refractivity contribution is 5.94. The predicted octanol–water partition coefficient (Wildman–Crippen LogP) is 2.67. The minimum Gasteiger partial charge on any atom is -0.458 e. The highest BCUT2D eigenvalue weighted by Crippen LogP contribution is 2.24. The zero-order chi connectivity index (χ0) is 25.6. The number of rotatable bonds is 9. The van der Waals surface area contributed by atoms with E-state index in [1.807, 2.05) is 0 Å². The molecule has 0 fully saturated rings. The Balaban J connectivity index is 1.78. The molecule has 0 heterocycles. The van der Waals surface area contributed by atoms with Crippen molar-refractivity contribution >= 4 is 23.3 Å². The molecule has 0 aliphatic heterocycles. The molecule has 4 N–H and O–H groups in total. The van der Waals surface area contributed by atoms with Crippen LogP contribution in [0, 0.1) is 20.2 Å². The van der Waals surface area contributed by atoms with E-state index in [-0.39, 0.29) is 33.6 Å². The fourth-order valence-corrected chi connectivity index (χ4v) is 3.24. The van der Waals surface area contributed by atoms with Gasteiger partial charge in [0.05, 0.1) is 26.5 Å². The van der Waals surface area contributed by atoms with Crippen molar-refractivity contribution in [3.8, 4) is 0 Å². The number of esters is 2. The molecule has 0 spiro atoms. The quantitative estimate of drug-likeness (QED) is 0.199. The Labute approximate surface area is 198 Å². The Morgan fingerprint density at radius 2 is 1.20 bits per heavy atom. The number of ether oxygens (including phenoxy) is 2. The Kier molecular flexibility index (Phi) is 7.49. The second-order valence-corrected chi connectivity index (χ2v) is 7.34. The van der Waals surface area contributed by atoms with Crippen LogP contribution in [-0.4, -0.2) is 21.8 Å². The third-order valence-corrected chi connectivity index (χ3v) is 5.02. The van der Waals surface area contributed by atoms with Gasteiger partial charge in [0.25, 0.3) is 11.4 Å². The highest BCUT2D eigenvalue weighted by Gasteiger charge is 2.37. The third kappa shape index (κ3) is 5.63. The summed E-state index contributed by atoms with van der Waals surface area (Å²) >= 11 is 0. The minimum atomic E-state index is -2.31. The molecule has 180 valence electrons. The first kappa shape index (κ1) is 25.0. The number of nitro benzene ring substituents is 2. The Morgan fingerprint density at radius 1 is 0.743 bits per heavy atom. The standard InChI is InChI=1S/C23H20N4O8/c24-23(25,22(29)35-14-16-8-2-6-12-20(16)27(32)33)18-10-4-3-9-17(18)21(28)34-13-15-7-1-5-11-19(15)26(30)31/h1-12H,13-14,24-25H2. The van der Waals surface area contributed by atoms with Crippen LogP contribution < -0.4 is 11.5 Å². The lowest BCUT2D eigenvalue weighted by atomic mass is 9.95. The Bertz CT molecular complexity index is 1290. The van der Waals surface area contributed by atoms with E-state index in [0.29, 0.717) is 0 Å². The van der Waals surface area contributed by atoms with E-state index in [9.17, 15) is 29.8 Å². The number of carbonyl (C=O) groups is 2. The molecule has 0 saturated heterocycles. The summed E-state index contributed by atoms with van der Waals surface area (Å²) in [4.78, 5) is 46.6. The van der Waals surface area contributed by atoms with Crippen LogP contribution in [0.1, 0.15) is 27.0 Å². The largest absolute Gasteiger partial charge is 0.458 e. The fraction of sp³-hybridized carbons (Fsp3) is 0.130. The molecule has 0 saturated carbocycles. The molecule has 3 rings (SSSR count). The topological polar surface area (TPSA) is 191 Å². The summed E-state index contributed by atoms with van der Waals surface area (Å²) in [5.41, 5.74) is 9.28. The van der Waals surface area contributed by atoms with Gasteiger partial charge in [-0.25, -0.2) is 9.59 Å². The molecule has 0 aliphatic carbocycles. The van der Waals surface area contributed by atoms with Crippen LogP contribution in [-0.2, 0) is 33.1 Å². The number of nitro groups is 2. The first-order chi connectivity index (χ1) is 16.6. The van der Waals surface area contributed by atoms with Gasteiger partial charge in [-0.3, -0.25) is 20.2 Å². The van der Waals surface area contributed by atoms with Gasteiger partial charge >= 0.3 is 11.9 Å². The van der Waals surface area contributed by atoms with E-state index in [1.54, 1.807) is 6.07 Å². The zero-order valence-electron chi connectivity index (χ0n) is 18.2. The van der Waals surface area contributed by atoms with Gasteiger partial charge < -0.3 is 20.9 Å². The van der Waals surface area contributed by atoms with Crippen molar-refractivity contribution in [2.24, 2.45) is 11.5 Å². The molecular weight excluding hydrogens is 460 g/mol. The highest BCUT2D eigenvalue weighted by atomic mass is 16.6. The lowest BCUT2D eigenvalue weighted by molar-refractivity contribution is -0.386. The van der Waals surface area contributed by atoms with Crippen LogP contribution in [0.15, 0.2) is 72.8 Å². The lowest BCUT2D eigenvalue weighted by Gasteiger charge is -2.24. The van der Waals surface area contributed by atoms with Crippen molar-refractivity contribution in [1.29, 1.82) is 0 Å². The van der Waals surface area contributed by atoms with Gasteiger partial charge in [0.1, 0.15) is 13.2 Å². The van der Waals surface area contributed by atoms with E-state index in [0.717, 1.165) is 0 Å². The van der Waals surface area contributed by atoms with E-state index in [4.69, 9.17) is 20.9 Å². The van der Waals surface area contributed by atoms with Crippen molar-refractivity contribution in [2.75, 3.05) is 0 Å². The maximum absolute atomic E-state index is 12.8. The van der Waals surface area contributed by atoms with Crippen molar-refractivity contribution < 1.29 is 28.9 Å². The molecule has 0 radical (unpaired) electrons. The normalized spacial score (nSPS) is 10.9. The number of carbonyl (C=O) groups excluding carboxylic acids is 2. The number of nitrogens with zero attached hydrogens (tertiary/aromatic N) is 2. The van der Waals surface area contributed by atoms with Gasteiger partial charge in [-0.05, 0) is 18.2 Å². The number of hydrogen-bond donors (Lipinski definition) is 2. The molecule has 35 heavy (non-hydrogen) atoms. The number of nitrogens with two attached hydrogens (primary N) is 2. The first-order valence-electron chi connectivity index (χ1n) is 10.1. The predicted molar refractivity (Wildman–Crippen MR) is 122 cm³/mol. The Morgan fingerprint density at radius 3 is 1.74 bits per heavy atom. The average molecular weight is 480 g/mol. The van der Waals surface area contributed by atoms with Crippen LogP contribution in [0.2, 0.25) is 0 Å². The lowest BCUT2D eigenvalue weighted by Crippen LogP contribution is -2.54. The molecule has 3 aromatic rings. The molecule has 0 aliphatic rings. The summed E-state index contributed by atoms with van der Waals surface area (Å²) in [6, 6.07) is 17.0. The molecular formula is C23H20N4O8. The molecule has 0 bridgehead atoms. The van der Waals surface area contributed by atoms with Crippen LogP contribution in [0.25, 0.3) is 0 Å². The molecule has 0 amide bonds. The monoisotopic (exact) mass is 480 g/mol. The number of para-hydroxylation sites is 2. The molecule has 0 atom stereocenters. The molecule has 3 aromatic carbocycles. The van der Waals surface area contributed by atoms with Gasteiger partial charge in [0, 0.05) is 17.7 Å². The fourth-order valence-electron chi connectivity index (χ4n) is 3.24. The van der Waals surface area contributed by atoms with E-state index < -0.39 is 40.7 Å². The second-order valence-electron chi connectivity index (χ2n) is 7.34. The van der Waals surface area contributed by atoms with Gasteiger partial charge in [-0.15, -0.1) is 0 Å². The molecule has 12 nitrogen and oxygen atoms in total. The van der Waals surface area contributed by atoms with Gasteiger partial charge in [-0.2, -0.15) is 0 Å². The van der Waals surface area contributed by atoms with Gasteiger partial charge in [0.15, 0.2) is 5.66 Å². The van der Waals surface area contributed by atoms with Crippen LogP contribution in [0.3, 0.4) is 0 Å². The summed E-state index contributed by atoms with van der Waals surface area (Å²) in [5.74, 6) is -2.07. The molecule has 12 heteroatoms. The molecule has 0 aromatic heterocycles. The maximum atomic E-state index is 12.8.